The van der Waals surface area contributed by atoms with Crippen LogP contribution in [0, 0.1) is 5.82 Å². The Bertz CT molecular complexity index is 432. The zero-order valence-electron chi connectivity index (χ0n) is 9.87. The molecule has 17 heavy (non-hydrogen) atoms. The molecule has 1 rings (SSSR count). The third kappa shape index (κ3) is 3.94. The lowest BCUT2D eigenvalue weighted by atomic mass is 10.1. The lowest BCUT2D eigenvalue weighted by Crippen LogP contribution is -2.39. The number of nitrogens with zero attached hydrogens (tertiary/aromatic N) is 2. The van der Waals surface area contributed by atoms with Gasteiger partial charge in [0.1, 0.15) is 11.0 Å². The maximum Gasteiger partial charge on any atom is 0.256 e. The van der Waals surface area contributed by atoms with E-state index < -0.39 is 17.3 Å². The first-order chi connectivity index (χ1) is 7.70. The highest BCUT2D eigenvalue weighted by atomic mass is 35.5. The van der Waals surface area contributed by atoms with Crippen molar-refractivity contribution >= 4 is 17.5 Å². The summed E-state index contributed by atoms with van der Waals surface area (Å²) in [4.78, 5) is 16.7. The van der Waals surface area contributed by atoms with Crippen LogP contribution in [0.3, 0.4) is 0 Å². The minimum Gasteiger partial charge on any atom is -0.389 e. The smallest absolute Gasteiger partial charge is 0.256 e. The van der Waals surface area contributed by atoms with E-state index in [1.807, 2.05) is 0 Å². The molecular formula is C11H14ClFN2O2. The molecule has 0 saturated heterocycles. The summed E-state index contributed by atoms with van der Waals surface area (Å²) in [5, 5.41) is 9.53. The van der Waals surface area contributed by atoms with E-state index in [9.17, 15) is 14.3 Å². The molecule has 0 atom stereocenters. The van der Waals surface area contributed by atoms with E-state index in [0.29, 0.717) is 0 Å². The van der Waals surface area contributed by atoms with E-state index in [0.717, 1.165) is 12.3 Å². The van der Waals surface area contributed by atoms with Crippen molar-refractivity contribution in [1.29, 1.82) is 0 Å². The zero-order chi connectivity index (χ0) is 13.2. The van der Waals surface area contributed by atoms with Crippen molar-refractivity contribution in [3.8, 4) is 0 Å². The summed E-state index contributed by atoms with van der Waals surface area (Å²) in [7, 11) is 1.50. The topological polar surface area (TPSA) is 53.4 Å². The molecule has 1 amide bonds. The molecule has 1 heterocycles. The van der Waals surface area contributed by atoms with Crippen LogP contribution >= 0.6 is 11.6 Å². The fraction of sp³-hybridized carbons (Fsp3) is 0.455. The van der Waals surface area contributed by atoms with Crippen LogP contribution in [0.1, 0.15) is 24.2 Å². The Balaban J connectivity index is 2.93. The molecule has 0 aliphatic rings. The second-order valence-electron chi connectivity index (χ2n) is 4.47. The van der Waals surface area contributed by atoms with Gasteiger partial charge in [0.2, 0.25) is 0 Å². The number of aromatic nitrogens is 1. The lowest BCUT2D eigenvalue weighted by Gasteiger charge is -2.25. The summed E-state index contributed by atoms with van der Waals surface area (Å²) in [6.07, 6.45) is 0.940. The number of pyridine rings is 1. The quantitative estimate of drug-likeness (QED) is 0.842. The van der Waals surface area contributed by atoms with Crippen LogP contribution in [-0.4, -0.2) is 40.1 Å². The number of halogens is 2. The molecule has 1 N–H and O–H groups in total. The normalized spacial score (nSPS) is 11.4. The standard InChI is InChI=1S/C11H14ClFN2O2/c1-11(2,17)6-15(3)10(16)8-4-7(13)5-14-9(8)12/h4-5,17H,6H2,1-3H3. The second-order valence-corrected chi connectivity index (χ2v) is 4.82. The van der Waals surface area contributed by atoms with Crippen molar-refractivity contribution in [3.63, 3.8) is 0 Å². The molecule has 1 aromatic rings. The first-order valence-corrected chi connectivity index (χ1v) is 5.37. The van der Waals surface area contributed by atoms with E-state index in [1.165, 1.54) is 11.9 Å². The average Bonchev–Trinajstić information content (AvgIpc) is 2.18. The third-order valence-electron chi connectivity index (χ3n) is 2.01. The Morgan fingerprint density at radius 3 is 2.76 bits per heavy atom. The van der Waals surface area contributed by atoms with Crippen molar-refractivity contribution in [2.45, 2.75) is 19.4 Å². The van der Waals surface area contributed by atoms with Gasteiger partial charge in [0.05, 0.1) is 17.4 Å². The highest BCUT2D eigenvalue weighted by Crippen LogP contribution is 2.16. The molecule has 1 aromatic heterocycles. The molecule has 6 heteroatoms. The monoisotopic (exact) mass is 260 g/mol. The van der Waals surface area contributed by atoms with Gasteiger partial charge >= 0.3 is 0 Å². The largest absolute Gasteiger partial charge is 0.389 e. The fourth-order valence-corrected chi connectivity index (χ4v) is 1.61. The number of carbonyl (C=O) groups is 1. The van der Waals surface area contributed by atoms with Crippen LogP contribution < -0.4 is 0 Å². The number of likely N-dealkylation sites (N-methyl/N-ethyl adjacent to an activating group) is 1. The molecule has 0 spiro atoms. The van der Waals surface area contributed by atoms with Gasteiger partial charge < -0.3 is 10.0 Å². The Labute approximate surface area is 104 Å². The Morgan fingerprint density at radius 2 is 2.24 bits per heavy atom. The summed E-state index contributed by atoms with van der Waals surface area (Å²) in [6.45, 7) is 3.25. The summed E-state index contributed by atoms with van der Waals surface area (Å²) in [5.41, 5.74) is -1.05. The second kappa shape index (κ2) is 4.98. The number of hydrogen-bond acceptors (Lipinski definition) is 3. The highest BCUT2D eigenvalue weighted by molar-refractivity contribution is 6.32. The SMILES string of the molecule is CN(CC(C)(C)O)C(=O)c1cc(F)cnc1Cl. The highest BCUT2D eigenvalue weighted by Gasteiger charge is 2.22. The minimum atomic E-state index is -1.03. The molecule has 0 saturated carbocycles. The molecule has 0 aliphatic carbocycles. The average molecular weight is 261 g/mol. The number of aliphatic hydroxyl groups is 1. The summed E-state index contributed by atoms with van der Waals surface area (Å²) in [5.74, 6) is -1.11. The zero-order valence-corrected chi connectivity index (χ0v) is 10.6. The van der Waals surface area contributed by atoms with Gasteiger partial charge in [-0.1, -0.05) is 11.6 Å². The number of carbonyl (C=O) groups excluding carboxylic acids is 1. The predicted molar refractivity (Wildman–Crippen MR) is 62.5 cm³/mol. The lowest BCUT2D eigenvalue weighted by molar-refractivity contribution is 0.0367. The predicted octanol–water partition coefficient (Wildman–Crippen LogP) is 1.72. The summed E-state index contributed by atoms with van der Waals surface area (Å²) >= 11 is 5.72. The van der Waals surface area contributed by atoms with Crippen LogP contribution in [0.5, 0.6) is 0 Å². The van der Waals surface area contributed by atoms with E-state index in [-0.39, 0.29) is 17.3 Å². The van der Waals surface area contributed by atoms with Gasteiger partial charge in [0, 0.05) is 13.6 Å². The third-order valence-corrected chi connectivity index (χ3v) is 2.31. The van der Waals surface area contributed by atoms with Gasteiger partial charge in [-0.15, -0.1) is 0 Å². The van der Waals surface area contributed by atoms with Gasteiger partial charge in [-0.2, -0.15) is 0 Å². The number of hydrogen-bond donors (Lipinski definition) is 1. The Hall–Kier alpha value is -1.20. The molecule has 0 fully saturated rings. The minimum absolute atomic E-state index is 0.0154. The van der Waals surface area contributed by atoms with Crippen LogP contribution in [0.25, 0.3) is 0 Å². The van der Waals surface area contributed by atoms with E-state index in [2.05, 4.69) is 4.98 Å². The van der Waals surface area contributed by atoms with Gasteiger partial charge in [0.15, 0.2) is 0 Å². The number of amides is 1. The molecule has 4 nitrogen and oxygen atoms in total. The van der Waals surface area contributed by atoms with Crippen LogP contribution in [0.4, 0.5) is 4.39 Å². The molecule has 0 bridgehead atoms. The number of rotatable bonds is 3. The first-order valence-electron chi connectivity index (χ1n) is 4.99. The van der Waals surface area contributed by atoms with E-state index in [1.54, 1.807) is 13.8 Å². The molecule has 0 unspecified atom stereocenters. The first kappa shape index (κ1) is 13.9. The van der Waals surface area contributed by atoms with Crippen molar-refractivity contribution in [2.24, 2.45) is 0 Å². The van der Waals surface area contributed by atoms with E-state index in [4.69, 9.17) is 11.6 Å². The maximum atomic E-state index is 13.0. The van der Waals surface area contributed by atoms with Crippen molar-refractivity contribution in [1.82, 2.24) is 9.88 Å². The molecule has 0 radical (unpaired) electrons. The van der Waals surface area contributed by atoms with Crippen molar-refractivity contribution < 1.29 is 14.3 Å². The molecule has 0 aromatic carbocycles. The van der Waals surface area contributed by atoms with Gasteiger partial charge in [-0.3, -0.25) is 4.79 Å². The fourth-order valence-electron chi connectivity index (χ4n) is 1.43. The Kier molecular flexibility index (Phi) is 4.06. The molecule has 0 aliphatic heterocycles. The van der Waals surface area contributed by atoms with Crippen molar-refractivity contribution in [3.05, 3.63) is 28.8 Å². The van der Waals surface area contributed by atoms with Gasteiger partial charge in [-0.05, 0) is 19.9 Å². The molecule has 94 valence electrons. The summed E-state index contributed by atoms with van der Waals surface area (Å²) < 4.78 is 13.0. The maximum absolute atomic E-state index is 13.0. The van der Waals surface area contributed by atoms with Gasteiger partial charge in [-0.25, -0.2) is 9.37 Å². The van der Waals surface area contributed by atoms with Crippen LogP contribution in [0.2, 0.25) is 5.15 Å². The van der Waals surface area contributed by atoms with Gasteiger partial charge in [0.25, 0.3) is 5.91 Å². The van der Waals surface area contributed by atoms with Crippen LogP contribution in [-0.2, 0) is 0 Å². The Morgan fingerprint density at radius 1 is 1.65 bits per heavy atom. The van der Waals surface area contributed by atoms with E-state index >= 15 is 0 Å². The summed E-state index contributed by atoms with van der Waals surface area (Å²) in [6, 6.07) is 1.03. The molecular weight excluding hydrogens is 247 g/mol. The van der Waals surface area contributed by atoms with Crippen molar-refractivity contribution in [2.75, 3.05) is 13.6 Å². The van der Waals surface area contributed by atoms with Crippen LogP contribution in [0.15, 0.2) is 12.3 Å².